The normalized spacial score (nSPS) is 10.8. The number of nitrogens with zero attached hydrogens (tertiary/aromatic N) is 2. The van der Waals surface area contributed by atoms with E-state index in [0.29, 0.717) is 12.3 Å². The van der Waals surface area contributed by atoms with Crippen LogP contribution in [-0.2, 0) is 13.0 Å². The smallest absolute Gasteiger partial charge is 0.142 e. The molecule has 0 bridgehead atoms. The van der Waals surface area contributed by atoms with Gasteiger partial charge < -0.3 is 10.5 Å². The van der Waals surface area contributed by atoms with Crippen molar-refractivity contribution in [3.63, 3.8) is 0 Å². The van der Waals surface area contributed by atoms with Crippen molar-refractivity contribution in [1.29, 1.82) is 0 Å². The van der Waals surface area contributed by atoms with Gasteiger partial charge in [-0.05, 0) is 38.0 Å². The maximum Gasteiger partial charge on any atom is 0.142 e. The van der Waals surface area contributed by atoms with Gasteiger partial charge in [-0.1, -0.05) is 19.1 Å². The number of para-hydroxylation sites is 2. The molecule has 0 atom stereocenters. The van der Waals surface area contributed by atoms with Gasteiger partial charge in [0.1, 0.15) is 5.75 Å². The Balaban J connectivity index is 1.86. The van der Waals surface area contributed by atoms with E-state index in [0.717, 1.165) is 30.8 Å². The average Bonchev–Trinajstić information content (AvgIpc) is 2.71. The van der Waals surface area contributed by atoms with E-state index in [1.165, 1.54) is 11.3 Å². The maximum absolute atomic E-state index is 5.84. The van der Waals surface area contributed by atoms with Crippen molar-refractivity contribution in [3.8, 4) is 5.75 Å². The van der Waals surface area contributed by atoms with Crippen LogP contribution in [0.1, 0.15) is 30.3 Å². The van der Waals surface area contributed by atoms with Crippen LogP contribution in [0.15, 0.2) is 24.3 Å². The van der Waals surface area contributed by atoms with Crippen molar-refractivity contribution in [2.75, 3.05) is 12.3 Å². The summed E-state index contributed by atoms with van der Waals surface area (Å²) >= 11 is 0. The molecule has 0 spiro atoms. The highest BCUT2D eigenvalue weighted by Gasteiger charge is 2.09. The van der Waals surface area contributed by atoms with Gasteiger partial charge in [0, 0.05) is 18.7 Å². The number of nitrogen functional groups attached to an aromatic ring is 1. The third kappa shape index (κ3) is 3.13. The van der Waals surface area contributed by atoms with E-state index in [4.69, 9.17) is 10.5 Å². The zero-order valence-corrected chi connectivity index (χ0v) is 12.5. The molecule has 0 saturated heterocycles. The van der Waals surface area contributed by atoms with Crippen LogP contribution in [-0.4, -0.2) is 16.4 Å². The third-order valence-electron chi connectivity index (χ3n) is 3.58. The number of hydrogen-bond donors (Lipinski definition) is 1. The van der Waals surface area contributed by atoms with Gasteiger partial charge in [-0.2, -0.15) is 5.10 Å². The number of benzene rings is 1. The van der Waals surface area contributed by atoms with E-state index in [9.17, 15) is 0 Å². The summed E-state index contributed by atoms with van der Waals surface area (Å²) in [5.41, 5.74) is 10.3. The second-order valence-corrected chi connectivity index (χ2v) is 4.97. The zero-order valence-electron chi connectivity index (χ0n) is 12.5. The van der Waals surface area contributed by atoms with Crippen LogP contribution in [0.2, 0.25) is 0 Å². The van der Waals surface area contributed by atoms with Crippen LogP contribution in [0.25, 0.3) is 0 Å². The SMILES string of the molecule is CCc1c(C)nn(CCCOc2ccccc2N)c1C. The van der Waals surface area contributed by atoms with Crippen LogP contribution in [0.4, 0.5) is 5.69 Å². The third-order valence-corrected chi connectivity index (χ3v) is 3.58. The molecular formula is C16H23N3O. The number of hydrogen-bond acceptors (Lipinski definition) is 3. The monoisotopic (exact) mass is 273 g/mol. The van der Waals surface area contributed by atoms with Crippen LogP contribution in [0.3, 0.4) is 0 Å². The number of rotatable bonds is 6. The van der Waals surface area contributed by atoms with E-state index < -0.39 is 0 Å². The average molecular weight is 273 g/mol. The summed E-state index contributed by atoms with van der Waals surface area (Å²) < 4.78 is 7.77. The highest BCUT2D eigenvalue weighted by molar-refractivity contribution is 5.51. The van der Waals surface area contributed by atoms with Gasteiger partial charge in [0.15, 0.2) is 0 Å². The molecule has 108 valence electrons. The molecule has 0 radical (unpaired) electrons. The Morgan fingerprint density at radius 2 is 2.00 bits per heavy atom. The molecule has 4 heteroatoms. The molecule has 1 aromatic carbocycles. The lowest BCUT2D eigenvalue weighted by Crippen LogP contribution is -2.08. The van der Waals surface area contributed by atoms with Gasteiger partial charge in [-0.15, -0.1) is 0 Å². The molecule has 2 N–H and O–H groups in total. The second-order valence-electron chi connectivity index (χ2n) is 4.97. The van der Waals surface area contributed by atoms with E-state index in [1.807, 2.05) is 24.3 Å². The van der Waals surface area contributed by atoms with Crippen molar-refractivity contribution in [1.82, 2.24) is 9.78 Å². The summed E-state index contributed by atoms with van der Waals surface area (Å²) in [4.78, 5) is 0. The number of anilines is 1. The molecule has 0 saturated carbocycles. The van der Waals surface area contributed by atoms with Crippen molar-refractivity contribution in [3.05, 3.63) is 41.2 Å². The lowest BCUT2D eigenvalue weighted by Gasteiger charge is -2.09. The Bertz CT molecular complexity index is 575. The summed E-state index contributed by atoms with van der Waals surface area (Å²) in [6.45, 7) is 7.90. The predicted octanol–water partition coefficient (Wildman–Crippen LogP) is 3.11. The van der Waals surface area contributed by atoms with Crippen molar-refractivity contribution >= 4 is 5.69 Å². The van der Waals surface area contributed by atoms with Gasteiger partial charge in [-0.25, -0.2) is 0 Å². The fourth-order valence-corrected chi connectivity index (χ4v) is 2.47. The first-order chi connectivity index (χ1) is 9.63. The predicted molar refractivity (Wildman–Crippen MR) is 82.0 cm³/mol. The van der Waals surface area contributed by atoms with Crippen molar-refractivity contribution in [2.45, 2.75) is 40.2 Å². The summed E-state index contributed by atoms with van der Waals surface area (Å²) in [6, 6.07) is 7.59. The Morgan fingerprint density at radius 3 is 2.65 bits per heavy atom. The molecule has 0 unspecified atom stereocenters. The summed E-state index contributed by atoms with van der Waals surface area (Å²) in [5, 5.41) is 4.58. The fraction of sp³-hybridized carbons (Fsp3) is 0.438. The lowest BCUT2D eigenvalue weighted by molar-refractivity contribution is 0.299. The summed E-state index contributed by atoms with van der Waals surface area (Å²) in [7, 11) is 0. The lowest BCUT2D eigenvalue weighted by atomic mass is 10.1. The Kier molecular flexibility index (Phi) is 4.66. The van der Waals surface area contributed by atoms with E-state index >= 15 is 0 Å². The Labute approximate surface area is 120 Å². The molecule has 0 aliphatic rings. The molecule has 20 heavy (non-hydrogen) atoms. The molecule has 0 aliphatic carbocycles. The number of nitrogens with two attached hydrogens (primary N) is 1. The second kappa shape index (κ2) is 6.46. The first-order valence-corrected chi connectivity index (χ1v) is 7.13. The molecule has 2 aromatic rings. The van der Waals surface area contributed by atoms with Crippen LogP contribution >= 0.6 is 0 Å². The molecule has 0 fully saturated rings. The van der Waals surface area contributed by atoms with Crippen molar-refractivity contribution < 1.29 is 4.74 Å². The van der Waals surface area contributed by atoms with Gasteiger partial charge in [0.2, 0.25) is 0 Å². The molecular weight excluding hydrogens is 250 g/mol. The first-order valence-electron chi connectivity index (χ1n) is 7.13. The maximum atomic E-state index is 5.84. The minimum absolute atomic E-state index is 0.647. The molecule has 1 aromatic heterocycles. The molecule has 1 heterocycles. The van der Waals surface area contributed by atoms with Crippen LogP contribution in [0.5, 0.6) is 5.75 Å². The number of ether oxygens (including phenoxy) is 1. The zero-order chi connectivity index (χ0) is 14.5. The highest BCUT2D eigenvalue weighted by atomic mass is 16.5. The van der Waals surface area contributed by atoms with Crippen LogP contribution in [0, 0.1) is 13.8 Å². The fourth-order valence-electron chi connectivity index (χ4n) is 2.47. The van der Waals surface area contributed by atoms with Gasteiger partial charge in [0.25, 0.3) is 0 Å². The van der Waals surface area contributed by atoms with Gasteiger partial charge in [0.05, 0.1) is 18.0 Å². The first kappa shape index (κ1) is 14.4. The van der Waals surface area contributed by atoms with E-state index in [1.54, 1.807) is 0 Å². The Hall–Kier alpha value is -1.97. The molecule has 0 aliphatic heterocycles. The molecule has 4 nitrogen and oxygen atoms in total. The van der Waals surface area contributed by atoms with Gasteiger partial charge >= 0.3 is 0 Å². The van der Waals surface area contributed by atoms with Gasteiger partial charge in [-0.3, -0.25) is 4.68 Å². The molecule has 0 amide bonds. The van der Waals surface area contributed by atoms with Crippen molar-refractivity contribution in [2.24, 2.45) is 0 Å². The topological polar surface area (TPSA) is 53.1 Å². The number of aryl methyl sites for hydroxylation is 2. The quantitative estimate of drug-likeness (QED) is 0.650. The van der Waals surface area contributed by atoms with E-state index in [-0.39, 0.29) is 0 Å². The minimum atomic E-state index is 0.647. The minimum Gasteiger partial charge on any atom is -0.491 e. The van der Waals surface area contributed by atoms with Crippen LogP contribution < -0.4 is 10.5 Å². The van der Waals surface area contributed by atoms with E-state index in [2.05, 4.69) is 30.6 Å². The molecule has 2 rings (SSSR count). The summed E-state index contributed by atoms with van der Waals surface area (Å²) in [5.74, 6) is 0.759. The number of aromatic nitrogens is 2. The largest absolute Gasteiger partial charge is 0.491 e. The standard InChI is InChI=1S/C16H23N3O/c1-4-14-12(2)18-19(13(14)3)10-7-11-20-16-9-6-5-8-15(16)17/h5-6,8-9H,4,7,10-11,17H2,1-3H3. The highest BCUT2D eigenvalue weighted by Crippen LogP contribution is 2.20. The Morgan fingerprint density at radius 1 is 1.25 bits per heavy atom. The summed E-state index contributed by atoms with van der Waals surface area (Å²) in [6.07, 6.45) is 1.95.